The molecule has 0 spiro atoms. The van der Waals surface area contributed by atoms with Gasteiger partial charge in [-0.25, -0.2) is 4.79 Å². The van der Waals surface area contributed by atoms with E-state index in [1.165, 1.54) is 4.57 Å². The van der Waals surface area contributed by atoms with Crippen LogP contribution in [-0.4, -0.2) is 15.3 Å². The Hall–Kier alpha value is -1.85. The third kappa shape index (κ3) is 2.19. The Kier molecular flexibility index (Phi) is 3.83. The smallest absolute Gasteiger partial charge is 0.345 e. The molecule has 0 aromatic carbocycles. The minimum Gasteiger partial charge on any atom is -0.345 e. The molecule has 1 aliphatic heterocycles. The summed E-state index contributed by atoms with van der Waals surface area (Å²) in [7, 11) is 0. The lowest BCUT2D eigenvalue weighted by atomic mass is 9.87. The van der Waals surface area contributed by atoms with E-state index in [1.54, 1.807) is 19.2 Å². The molecule has 0 N–H and O–H groups in total. The van der Waals surface area contributed by atoms with Gasteiger partial charge in [-0.1, -0.05) is 25.9 Å². The van der Waals surface area contributed by atoms with E-state index < -0.39 is 12.0 Å². The van der Waals surface area contributed by atoms with Gasteiger partial charge in [0.2, 0.25) is 0 Å². The van der Waals surface area contributed by atoms with Crippen molar-refractivity contribution in [3.63, 3.8) is 0 Å². The van der Waals surface area contributed by atoms with Crippen molar-refractivity contribution in [1.82, 2.24) is 9.55 Å². The largest absolute Gasteiger partial charge is 0.349 e. The summed E-state index contributed by atoms with van der Waals surface area (Å²) in [6, 6.07) is 1.77. The van der Waals surface area contributed by atoms with E-state index >= 15 is 0 Å². The second-order valence-electron chi connectivity index (χ2n) is 5.30. The molecule has 1 fully saturated rings. The molecule has 4 atom stereocenters. The molecule has 0 aliphatic carbocycles. The fraction of sp³-hybridized carbons (Fsp3) is 0.692. The molecule has 1 aromatic heterocycles. The normalized spacial score (nSPS) is 32.9. The van der Waals surface area contributed by atoms with Crippen LogP contribution in [0.3, 0.4) is 0 Å². The fourth-order valence-corrected chi connectivity index (χ4v) is 2.75. The molecule has 2 rings (SSSR count). The molecule has 7 nitrogen and oxygen atoms in total. The van der Waals surface area contributed by atoms with Crippen LogP contribution < -0.4 is 5.69 Å². The Morgan fingerprint density at radius 2 is 2.30 bits per heavy atom. The minimum atomic E-state index is -0.900. The zero-order chi connectivity index (χ0) is 14.9. The van der Waals surface area contributed by atoms with Gasteiger partial charge in [-0.2, -0.15) is 4.98 Å². The van der Waals surface area contributed by atoms with Gasteiger partial charge in [0.25, 0.3) is 0 Å². The molecule has 0 amide bonds. The van der Waals surface area contributed by atoms with Crippen LogP contribution in [0.2, 0.25) is 0 Å². The van der Waals surface area contributed by atoms with Gasteiger partial charge in [0.15, 0.2) is 5.72 Å². The number of hydrogen-bond donors (Lipinski definition) is 0. The van der Waals surface area contributed by atoms with Gasteiger partial charge in [-0.3, -0.25) is 4.57 Å². The van der Waals surface area contributed by atoms with Crippen LogP contribution >= 0.6 is 0 Å². The predicted molar refractivity (Wildman–Crippen MR) is 73.9 cm³/mol. The number of ether oxygens (including phenoxy) is 1. The van der Waals surface area contributed by atoms with E-state index in [0.29, 0.717) is 12.1 Å². The van der Waals surface area contributed by atoms with Crippen molar-refractivity contribution in [3.8, 4) is 0 Å². The summed E-state index contributed by atoms with van der Waals surface area (Å²) in [5.41, 5.74) is 8.20. The molecule has 1 unspecified atom stereocenters. The first kappa shape index (κ1) is 14.6. The molecule has 0 radical (unpaired) electrons. The van der Waals surface area contributed by atoms with Crippen LogP contribution in [0.5, 0.6) is 0 Å². The van der Waals surface area contributed by atoms with Gasteiger partial charge >= 0.3 is 5.69 Å². The number of nitrogens with zero attached hydrogens (tertiary/aromatic N) is 5. The van der Waals surface area contributed by atoms with Crippen LogP contribution in [0.1, 0.15) is 39.1 Å². The molecular formula is C13H19N5O2. The lowest BCUT2D eigenvalue weighted by molar-refractivity contribution is -0.0859. The summed E-state index contributed by atoms with van der Waals surface area (Å²) in [6.45, 7) is 7.65. The molecule has 1 aliphatic rings. The maximum atomic E-state index is 12.0. The standard InChI is InChI=1S/C13H19N5O2/c1-5-13(16-17-14)10(4)9(3)11(20-13)18-7-6-8(2)15-12(18)19/h6-7,9-11H,5H2,1-4H3/t9-,10+,11?,13-/m1/s1. The van der Waals surface area contributed by atoms with Gasteiger partial charge in [-0.15, -0.1) is 0 Å². The summed E-state index contributed by atoms with van der Waals surface area (Å²) < 4.78 is 7.44. The number of aromatic nitrogens is 2. The number of aryl methyl sites for hydroxylation is 1. The molecule has 1 saturated heterocycles. The lowest BCUT2D eigenvalue weighted by Gasteiger charge is -2.26. The van der Waals surface area contributed by atoms with Crippen molar-refractivity contribution < 1.29 is 4.74 Å². The SMILES string of the molecule is CC[C@@]1(N=[N+]=[N-])OC(n2ccc(C)nc2=O)[C@H](C)[C@@H]1C. The van der Waals surface area contributed by atoms with Crippen molar-refractivity contribution in [2.75, 3.05) is 0 Å². The maximum Gasteiger partial charge on any atom is 0.349 e. The molecule has 20 heavy (non-hydrogen) atoms. The summed E-state index contributed by atoms with van der Waals surface area (Å²) in [6.07, 6.45) is 1.78. The lowest BCUT2D eigenvalue weighted by Crippen LogP contribution is -2.32. The average molecular weight is 277 g/mol. The van der Waals surface area contributed by atoms with Crippen molar-refractivity contribution >= 4 is 0 Å². The first-order valence-corrected chi connectivity index (χ1v) is 6.75. The van der Waals surface area contributed by atoms with E-state index in [4.69, 9.17) is 10.3 Å². The van der Waals surface area contributed by atoms with Gasteiger partial charge in [-0.05, 0) is 30.9 Å². The molecule has 0 bridgehead atoms. The third-order valence-electron chi connectivity index (χ3n) is 4.24. The maximum absolute atomic E-state index is 12.0. The molecular weight excluding hydrogens is 258 g/mol. The van der Waals surface area contributed by atoms with Crippen LogP contribution in [0, 0.1) is 18.8 Å². The summed E-state index contributed by atoms with van der Waals surface area (Å²) in [5, 5.41) is 3.85. The van der Waals surface area contributed by atoms with E-state index in [1.807, 2.05) is 20.8 Å². The Labute approximate surface area is 117 Å². The topological polar surface area (TPSA) is 92.9 Å². The highest BCUT2D eigenvalue weighted by Gasteiger charge is 2.50. The zero-order valence-corrected chi connectivity index (χ0v) is 12.1. The highest BCUT2D eigenvalue weighted by Crippen LogP contribution is 2.47. The molecule has 7 heteroatoms. The monoisotopic (exact) mass is 277 g/mol. The first-order chi connectivity index (χ1) is 9.45. The van der Waals surface area contributed by atoms with Gasteiger partial charge in [0.05, 0.1) is 0 Å². The molecule has 0 saturated carbocycles. The van der Waals surface area contributed by atoms with E-state index in [0.717, 1.165) is 0 Å². The van der Waals surface area contributed by atoms with E-state index in [2.05, 4.69) is 15.0 Å². The average Bonchev–Trinajstić information content (AvgIpc) is 2.65. The van der Waals surface area contributed by atoms with Gasteiger partial charge in [0, 0.05) is 22.7 Å². The van der Waals surface area contributed by atoms with Crippen LogP contribution in [-0.2, 0) is 4.74 Å². The van der Waals surface area contributed by atoms with Crippen molar-refractivity contribution in [2.24, 2.45) is 17.0 Å². The minimum absolute atomic E-state index is 0.0154. The summed E-state index contributed by atoms with van der Waals surface area (Å²) >= 11 is 0. The predicted octanol–water partition coefficient (Wildman–Crippen LogP) is 2.77. The molecule has 108 valence electrons. The molecule has 2 heterocycles. The highest BCUT2D eigenvalue weighted by atomic mass is 16.5. The quantitative estimate of drug-likeness (QED) is 0.483. The fourth-order valence-electron chi connectivity index (χ4n) is 2.75. The van der Waals surface area contributed by atoms with Gasteiger partial charge in [0.1, 0.15) is 6.23 Å². The molecule has 1 aromatic rings. The van der Waals surface area contributed by atoms with Crippen LogP contribution in [0.25, 0.3) is 10.4 Å². The number of azide groups is 1. The highest BCUT2D eigenvalue weighted by molar-refractivity contribution is 5.00. The second-order valence-corrected chi connectivity index (χ2v) is 5.30. The third-order valence-corrected chi connectivity index (χ3v) is 4.24. The second kappa shape index (κ2) is 5.26. The van der Waals surface area contributed by atoms with Gasteiger partial charge < -0.3 is 4.74 Å². The Bertz CT molecular complexity index is 607. The summed E-state index contributed by atoms with van der Waals surface area (Å²) in [5.74, 6) is 0.0595. The van der Waals surface area contributed by atoms with Crippen LogP contribution in [0.4, 0.5) is 0 Å². The Balaban J connectivity index is 2.45. The van der Waals surface area contributed by atoms with Crippen molar-refractivity contribution in [1.29, 1.82) is 0 Å². The van der Waals surface area contributed by atoms with E-state index in [9.17, 15) is 4.79 Å². The zero-order valence-electron chi connectivity index (χ0n) is 12.1. The summed E-state index contributed by atoms with van der Waals surface area (Å²) in [4.78, 5) is 18.8. The number of rotatable bonds is 3. The Morgan fingerprint density at radius 1 is 1.60 bits per heavy atom. The Morgan fingerprint density at radius 3 is 2.85 bits per heavy atom. The van der Waals surface area contributed by atoms with E-state index in [-0.39, 0.29) is 17.5 Å². The number of hydrogen-bond acceptors (Lipinski definition) is 4. The van der Waals surface area contributed by atoms with Crippen molar-refractivity contribution in [2.45, 2.75) is 46.1 Å². The first-order valence-electron chi connectivity index (χ1n) is 6.75. The van der Waals surface area contributed by atoms with Crippen molar-refractivity contribution in [3.05, 3.63) is 38.9 Å². The van der Waals surface area contributed by atoms with Crippen LogP contribution in [0.15, 0.2) is 22.2 Å².